The number of anilines is 2. The van der Waals surface area contributed by atoms with Crippen LogP contribution in [0.1, 0.15) is 18.2 Å². The number of hydrogen-bond acceptors (Lipinski definition) is 10. The number of nitrogens with zero attached hydrogens (tertiary/aromatic N) is 5. The number of benzene rings is 1. The SMILES string of the molecule is CCCOCn1nc(-c2cccc(NCc3cccs3)c2)c2cnc(NCCN3CCOCC3)nc21.CSC. The van der Waals surface area contributed by atoms with Crippen LogP contribution in [0.3, 0.4) is 0 Å². The zero-order valence-electron chi connectivity index (χ0n) is 23.1. The lowest BCUT2D eigenvalue weighted by Gasteiger charge is -2.26. The highest BCUT2D eigenvalue weighted by molar-refractivity contribution is 7.97. The minimum absolute atomic E-state index is 0.352. The highest BCUT2D eigenvalue weighted by atomic mass is 32.2. The minimum atomic E-state index is 0.352. The Balaban J connectivity index is 0.00000112. The average Bonchev–Trinajstić information content (AvgIpc) is 3.62. The standard InChI is InChI=1S/C26H33N7O2S.C2H6S/c1-2-12-35-19-33-25-23(18-29-26(30-25)27-8-9-32-10-13-34-14-11-32)24(31-33)20-5-3-6-21(16-20)28-17-22-7-4-15-36-22;1-3-2/h3-7,15-16,18,28H,2,8-14,17,19H2,1H3,(H,27,29,30);1-2H3. The quantitative estimate of drug-likeness (QED) is 0.221. The molecule has 0 saturated carbocycles. The fraction of sp³-hybridized carbons (Fsp3) is 0.464. The number of aromatic nitrogens is 4. The first-order chi connectivity index (χ1) is 19.2. The van der Waals surface area contributed by atoms with E-state index in [0.29, 0.717) is 19.3 Å². The topological polar surface area (TPSA) is 89.4 Å². The molecular weight excluding hydrogens is 530 g/mol. The molecule has 5 rings (SSSR count). The summed E-state index contributed by atoms with van der Waals surface area (Å²) in [5.41, 5.74) is 3.68. The van der Waals surface area contributed by atoms with E-state index in [1.807, 2.05) is 29.5 Å². The van der Waals surface area contributed by atoms with E-state index >= 15 is 0 Å². The van der Waals surface area contributed by atoms with Crippen LogP contribution in [0.15, 0.2) is 48.0 Å². The number of ether oxygens (including phenoxy) is 2. The second kappa shape index (κ2) is 15.8. The molecule has 1 aromatic carbocycles. The van der Waals surface area contributed by atoms with Crippen LogP contribution in [0.4, 0.5) is 11.6 Å². The summed E-state index contributed by atoms with van der Waals surface area (Å²) < 4.78 is 13.1. The number of rotatable bonds is 12. The normalized spacial score (nSPS) is 13.7. The van der Waals surface area contributed by atoms with Gasteiger partial charge in [0.25, 0.3) is 0 Å². The number of thioether (sulfide) groups is 1. The second-order valence-corrected chi connectivity index (χ2v) is 11.0. The summed E-state index contributed by atoms with van der Waals surface area (Å²) in [6.45, 7) is 9.15. The zero-order chi connectivity index (χ0) is 27.3. The molecular formula is C28H39N7O2S2. The van der Waals surface area contributed by atoms with E-state index in [9.17, 15) is 0 Å². The molecule has 0 bridgehead atoms. The Labute approximate surface area is 239 Å². The Morgan fingerprint density at radius 1 is 1.13 bits per heavy atom. The summed E-state index contributed by atoms with van der Waals surface area (Å²) in [6.07, 6.45) is 6.90. The Bertz CT molecular complexity index is 1260. The zero-order valence-corrected chi connectivity index (χ0v) is 24.7. The highest BCUT2D eigenvalue weighted by Crippen LogP contribution is 2.29. The molecule has 1 aliphatic rings. The second-order valence-electron chi connectivity index (χ2n) is 9.12. The molecule has 1 fully saturated rings. The molecule has 0 aliphatic carbocycles. The monoisotopic (exact) mass is 569 g/mol. The Morgan fingerprint density at radius 3 is 2.74 bits per heavy atom. The number of thiophene rings is 1. The van der Waals surface area contributed by atoms with Gasteiger partial charge >= 0.3 is 0 Å². The van der Waals surface area contributed by atoms with Crippen LogP contribution in [0.5, 0.6) is 0 Å². The first-order valence-corrected chi connectivity index (χ1v) is 15.8. The average molecular weight is 570 g/mol. The Kier molecular flexibility index (Phi) is 11.9. The van der Waals surface area contributed by atoms with Gasteiger partial charge in [0, 0.05) is 61.7 Å². The summed E-state index contributed by atoms with van der Waals surface area (Å²) in [5.74, 6) is 0.602. The molecule has 9 nitrogen and oxygen atoms in total. The maximum Gasteiger partial charge on any atom is 0.224 e. The summed E-state index contributed by atoms with van der Waals surface area (Å²) in [6, 6.07) is 12.5. The molecule has 1 saturated heterocycles. The molecule has 39 heavy (non-hydrogen) atoms. The van der Waals surface area contributed by atoms with Gasteiger partial charge < -0.3 is 20.1 Å². The van der Waals surface area contributed by atoms with Gasteiger partial charge in [0.1, 0.15) is 12.4 Å². The van der Waals surface area contributed by atoms with Gasteiger partial charge in [-0.1, -0.05) is 25.1 Å². The largest absolute Gasteiger partial charge is 0.380 e. The van der Waals surface area contributed by atoms with E-state index in [2.05, 4.69) is 63.2 Å². The lowest BCUT2D eigenvalue weighted by molar-refractivity contribution is 0.0398. The van der Waals surface area contributed by atoms with E-state index in [1.54, 1.807) is 23.1 Å². The van der Waals surface area contributed by atoms with Gasteiger partial charge in [0.05, 0.1) is 18.6 Å². The van der Waals surface area contributed by atoms with Gasteiger partial charge in [-0.05, 0) is 42.5 Å². The van der Waals surface area contributed by atoms with Crippen LogP contribution in [-0.2, 0) is 22.7 Å². The Hall–Kier alpha value is -2.70. The number of nitrogens with one attached hydrogen (secondary N) is 2. The van der Waals surface area contributed by atoms with Gasteiger partial charge in [0.15, 0.2) is 5.65 Å². The molecule has 4 aromatic rings. The van der Waals surface area contributed by atoms with Crippen molar-refractivity contribution in [3.8, 4) is 11.3 Å². The first-order valence-electron chi connectivity index (χ1n) is 13.3. The smallest absolute Gasteiger partial charge is 0.224 e. The predicted octanol–water partition coefficient (Wildman–Crippen LogP) is 5.27. The van der Waals surface area contributed by atoms with Crippen molar-refractivity contribution in [2.24, 2.45) is 0 Å². The fourth-order valence-electron chi connectivity index (χ4n) is 4.17. The third kappa shape index (κ3) is 8.64. The van der Waals surface area contributed by atoms with Crippen molar-refractivity contribution in [3.05, 3.63) is 52.9 Å². The van der Waals surface area contributed by atoms with Crippen molar-refractivity contribution in [1.82, 2.24) is 24.6 Å². The summed E-state index contributed by atoms with van der Waals surface area (Å²) in [5, 5.41) is 14.8. The molecule has 210 valence electrons. The Morgan fingerprint density at radius 2 is 1.97 bits per heavy atom. The first kappa shape index (κ1) is 29.3. The molecule has 11 heteroatoms. The van der Waals surface area contributed by atoms with Gasteiger partial charge in [-0.25, -0.2) is 9.67 Å². The molecule has 0 amide bonds. The molecule has 1 aliphatic heterocycles. The molecule has 3 aromatic heterocycles. The van der Waals surface area contributed by atoms with Crippen LogP contribution in [0, 0.1) is 0 Å². The van der Waals surface area contributed by atoms with Crippen LogP contribution in [-0.4, -0.2) is 83.2 Å². The van der Waals surface area contributed by atoms with Crippen molar-refractivity contribution < 1.29 is 9.47 Å². The fourth-order valence-corrected chi connectivity index (χ4v) is 4.82. The van der Waals surface area contributed by atoms with E-state index in [-0.39, 0.29) is 0 Å². The summed E-state index contributed by atoms with van der Waals surface area (Å²) in [4.78, 5) is 13.1. The van der Waals surface area contributed by atoms with Crippen LogP contribution in [0.25, 0.3) is 22.3 Å². The lowest BCUT2D eigenvalue weighted by Crippen LogP contribution is -2.39. The predicted molar refractivity (Wildman–Crippen MR) is 164 cm³/mol. The molecule has 4 heterocycles. The van der Waals surface area contributed by atoms with Crippen LogP contribution in [0.2, 0.25) is 0 Å². The molecule has 0 atom stereocenters. The van der Waals surface area contributed by atoms with E-state index in [0.717, 1.165) is 80.3 Å². The summed E-state index contributed by atoms with van der Waals surface area (Å²) >= 11 is 3.50. The van der Waals surface area contributed by atoms with Gasteiger partial charge in [0.2, 0.25) is 5.95 Å². The molecule has 0 radical (unpaired) electrons. The van der Waals surface area contributed by atoms with Crippen molar-refractivity contribution in [2.75, 3.05) is 69.1 Å². The third-order valence-corrected chi connectivity index (χ3v) is 6.93. The number of hydrogen-bond donors (Lipinski definition) is 2. The highest BCUT2D eigenvalue weighted by Gasteiger charge is 2.16. The van der Waals surface area contributed by atoms with Crippen LogP contribution < -0.4 is 10.6 Å². The van der Waals surface area contributed by atoms with Gasteiger partial charge in [-0.2, -0.15) is 21.8 Å². The van der Waals surface area contributed by atoms with E-state index in [1.165, 1.54) is 4.88 Å². The van der Waals surface area contributed by atoms with Gasteiger partial charge in [-0.3, -0.25) is 4.90 Å². The number of fused-ring (bicyclic) bond motifs is 1. The van der Waals surface area contributed by atoms with E-state index < -0.39 is 0 Å². The third-order valence-electron chi connectivity index (χ3n) is 6.05. The molecule has 0 unspecified atom stereocenters. The van der Waals surface area contributed by atoms with Gasteiger partial charge in [-0.15, -0.1) is 11.3 Å². The lowest BCUT2D eigenvalue weighted by atomic mass is 10.1. The van der Waals surface area contributed by atoms with Crippen molar-refractivity contribution >= 4 is 45.8 Å². The molecule has 0 spiro atoms. The molecule has 2 N–H and O–H groups in total. The van der Waals surface area contributed by atoms with Crippen molar-refractivity contribution in [1.29, 1.82) is 0 Å². The van der Waals surface area contributed by atoms with Crippen LogP contribution >= 0.6 is 23.1 Å². The minimum Gasteiger partial charge on any atom is -0.380 e. The van der Waals surface area contributed by atoms with E-state index in [4.69, 9.17) is 19.6 Å². The van der Waals surface area contributed by atoms with Crippen molar-refractivity contribution in [2.45, 2.75) is 26.6 Å². The van der Waals surface area contributed by atoms with Crippen molar-refractivity contribution in [3.63, 3.8) is 0 Å². The number of morpholine rings is 1. The maximum atomic E-state index is 5.82. The summed E-state index contributed by atoms with van der Waals surface area (Å²) in [7, 11) is 0. The maximum absolute atomic E-state index is 5.82.